The summed E-state index contributed by atoms with van der Waals surface area (Å²) in [6, 6.07) is 16.4. The van der Waals surface area contributed by atoms with Gasteiger partial charge in [-0.2, -0.15) is 0 Å². The van der Waals surface area contributed by atoms with E-state index < -0.39 is 0 Å². The van der Waals surface area contributed by atoms with E-state index >= 15 is 0 Å². The fourth-order valence-corrected chi connectivity index (χ4v) is 3.02. The molecule has 2 heterocycles. The Hall–Kier alpha value is -1.94. The summed E-state index contributed by atoms with van der Waals surface area (Å²) in [5.74, 6) is 0.729. The molecule has 0 bridgehead atoms. The van der Waals surface area contributed by atoms with Gasteiger partial charge in [-0.15, -0.1) is 17.0 Å². The van der Waals surface area contributed by atoms with Crippen LogP contribution < -0.4 is 0 Å². The molecular weight excluding hydrogens is 328 g/mol. The van der Waals surface area contributed by atoms with Crippen LogP contribution in [0.5, 0.6) is 0 Å². The predicted molar refractivity (Wildman–Crippen MR) is 88.3 cm³/mol. The van der Waals surface area contributed by atoms with Gasteiger partial charge >= 0.3 is 0 Å². The van der Waals surface area contributed by atoms with Crippen molar-refractivity contribution in [3.63, 3.8) is 0 Å². The first-order valence-electron chi connectivity index (χ1n) is 6.81. The molecule has 0 spiro atoms. The van der Waals surface area contributed by atoms with Crippen molar-refractivity contribution >= 4 is 33.8 Å². The molecule has 1 atom stereocenters. The second kappa shape index (κ2) is 5.11. The van der Waals surface area contributed by atoms with Gasteiger partial charge in [-0.3, -0.25) is 4.79 Å². The van der Waals surface area contributed by atoms with Crippen LogP contribution in [0.2, 0.25) is 0 Å². The number of carbonyl (C=O) groups is 1. The van der Waals surface area contributed by atoms with Gasteiger partial charge in [0.2, 0.25) is 5.78 Å². The van der Waals surface area contributed by atoms with E-state index in [2.05, 4.69) is 34.7 Å². The largest absolute Gasteiger partial charge is 0.313 e. The van der Waals surface area contributed by atoms with Crippen LogP contribution in [0.4, 0.5) is 0 Å². The quantitative estimate of drug-likeness (QED) is 0.667. The van der Waals surface area contributed by atoms with E-state index in [0.29, 0.717) is 12.2 Å². The Morgan fingerprint density at radius 3 is 2.67 bits per heavy atom. The van der Waals surface area contributed by atoms with Crippen molar-refractivity contribution in [3.05, 3.63) is 65.5 Å². The molecule has 1 unspecified atom stereocenters. The van der Waals surface area contributed by atoms with Gasteiger partial charge in [-0.25, -0.2) is 4.98 Å². The standard InChI is InChI=1S/C17H14N2O.BrH/c1-11-7-8-13-15(9-11)19-14(10-16(20)17(19)18-13)12-5-3-2-4-6-12;/h2-9,14H,10H2,1H3;1H. The Labute approximate surface area is 133 Å². The van der Waals surface area contributed by atoms with Gasteiger partial charge in [0.1, 0.15) is 0 Å². The van der Waals surface area contributed by atoms with Crippen LogP contribution in [0.3, 0.4) is 0 Å². The lowest BCUT2D eigenvalue weighted by molar-refractivity contribution is 0.0987. The number of ketones is 1. The Morgan fingerprint density at radius 2 is 1.90 bits per heavy atom. The van der Waals surface area contributed by atoms with Crippen LogP contribution in [0.15, 0.2) is 48.5 Å². The Balaban J connectivity index is 0.00000132. The average Bonchev–Trinajstić information content (AvgIpc) is 2.98. The van der Waals surface area contributed by atoms with Gasteiger partial charge in [0.05, 0.1) is 17.1 Å². The highest BCUT2D eigenvalue weighted by Gasteiger charge is 2.33. The zero-order chi connectivity index (χ0) is 13.7. The molecule has 3 nitrogen and oxygen atoms in total. The molecule has 0 amide bonds. The van der Waals surface area contributed by atoms with Crippen molar-refractivity contribution in [2.75, 3.05) is 0 Å². The van der Waals surface area contributed by atoms with Crippen LogP contribution in [0.25, 0.3) is 11.0 Å². The van der Waals surface area contributed by atoms with Crippen molar-refractivity contribution in [2.24, 2.45) is 0 Å². The van der Waals surface area contributed by atoms with Crippen molar-refractivity contribution in [3.8, 4) is 0 Å². The van der Waals surface area contributed by atoms with Crippen LogP contribution in [0.1, 0.15) is 34.2 Å². The third-order valence-corrected chi connectivity index (χ3v) is 3.97. The first kappa shape index (κ1) is 14.0. The SMILES string of the molecule is Br.Cc1ccc2nc3n(c2c1)C(c1ccccc1)CC3=O. The van der Waals surface area contributed by atoms with Crippen LogP contribution >= 0.6 is 17.0 Å². The highest BCUT2D eigenvalue weighted by Crippen LogP contribution is 2.35. The van der Waals surface area contributed by atoms with Gasteiger partial charge in [-0.1, -0.05) is 36.4 Å². The minimum Gasteiger partial charge on any atom is -0.313 e. The number of benzene rings is 2. The molecule has 4 heteroatoms. The zero-order valence-corrected chi connectivity index (χ0v) is 13.3. The molecule has 4 rings (SSSR count). The maximum atomic E-state index is 12.2. The Kier molecular flexibility index (Phi) is 3.41. The summed E-state index contributed by atoms with van der Waals surface area (Å²) < 4.78 is 2.10. The molecule has 106 valence electrons. The third-order valence-electron chi connectivity index (χ3n) is 3.97. The number of hydrogen-bond donors (Lipinski definition) is 0. The number of hydrogen-bond acceptors (Lipinski definition) is 2. The number of aryl methyl sites for hydroxylation is 1. The summed E-state index contributed by atoms with van der Waals surface area (Å²) in [5, 5.41) is 0. The number of imidazole rings is 1. The predicted octanol–water partition coefficient (Wildman–Crippen LogP) is 4.10. The fraction of sp³-hybridized carbons (Fsp3) is 0.176. The van der Waals surface area contributed by atoms with Gasteiger partial charge in [0, 0.05) is 6.42 Å². The molecule has 0 N–H and O–H groups in total. The van der Waals surface area contributed by atoms with Gasteiger partial charge in [-0.05, 0) is 30.2 Å². The van der Waals surface area contributed by atoms with Crippen LogP contribution in [0, 0.1) is 6.92 Å². The molecule has 0 saturated heterocycles. The van der Waals surface area contributed by atoms with E-state index in [0.717, 1.165) is 11.0 Å². The smallest absolute Gasteiger partial charge is 0.200 e. The number of carbonyl (C=O) groups excluding carboxylic acids is 1. The molecule has 0 aliphatic carbocycles. The number of halogens is 1. The lowest BCUT2D eigenvalue weighted by atomic mass is 10.0. The summed E-state index contributed by atoms with van der Waals surface area (Å²) in [4.78, 5) is 16.7. The second-order valence-corrected chi connectivity index (χ2v) is 5.35. The number of nitrogens with zero attached hydrogens (tertiary/aromatic N) is 2. The van der Waals surface area contributed by atoms with Crippen LogP contribution in [-0.4, -0.2) is 15.3 Å². The highest BCUT2D eigenvalue weighted by molar-refractivity contribution is 8.93. The Morgan fingerprint density at radius 1 is 1.14 bits per heavy atom. The summed E-state index contributed by atoms with van der Waals surface area (Å²) in [6.07, 6.45) is 0.510. The number of fused-ring (bicyclic) bond motifs is 3. The first-order chi connectivity index (χ1) is 9.74. The maximum Gasteiger partial charge on any atom is 0.200 e. The lowest BCUT2D eigenvalue weighted by Gasteiger charge is -2.14. The topological polar surface area (TPSA) is 34.9 Å². The van der Waals surface area contributed by atoms with Gasteiger partial charge in [0.25, 0.3) is 0 Å². The van der Waals surface area contributed by atoms with E-state index in [1.165, 1.54) is 11.1 Å². The molecule has 0 radical (unpaired) electrons. The third kappa shape index (κ3) is 2.10. The molecule has 1 aromatic heterocycles. The van der Waals surface area contributed by atoms with Crippen molar-refractivity contribution in [1.82, 2.24) is 9.55 Å². The molecule has 1 aliphatic heterocycles. The van der Waals surface area contributed by atoms with Crippen molar-refractivity contribution in [1.29, 1.82) is 0 Å². The van der Waals surface area contributed by atoms with E-state index in [9.17, 15) is 4.79 Å². The summed E-state index contributed by atoms with van der Waals surface area (Å²) in [5.41, 5.74) is 4.31. The highest BCUT2D eigenvalue weighted by atomic mass is 79.9. The van der Waals surface area contributed by atoms with E-state index in [-0.39, 0.29) is 28.8 Å². The molecule has 21 heavy (non-hydrogen) atoms. The van der Waals surface area contributed by atoms with Crippen LogP contribution in [-0.2, 0) is 0 Å². The Bertz CT molecular complexity index is 823. The zero-order valence-electron chi connectivity index (χ0n) is 11.6. The molecule has 0 saturated carbocycles. The molecule has 0 fully saturated rings. The van der Waals surface area contributed by atoms with E-state index in [1.807, 2.05) is 30.3 Å². The molecule has 2 aromatic carbocycles. The monoisotopic (exact) mass is 342 g/mol. The maximum absolute atomic E-state index is 12.2. The number of aromatic nitrogens is 2. The van der Waals surface area contributed by atoms with Gasteiger partial charge in [0.15, 0.2) is 5.82 Å². The second-order valence-electron chi connectivity index (χ2n) is 5.35. The molecule has 1 aliphatic rings. The number of Topliss-reactive ketones (excluding diaryl/α,β-unsaturated/α-hetero) is 1. The van der Waals surface area contributed by atoms with E-state index in [4.69, 9.17) is 0 Å². The first-order valence-corrected chi connectivity index (χ1v) is 6.81. The van der Waals surface area contributed by atoms with Crippen molar-refractivity contribution in [2.45, 2.75) is 19.4 Å². The summed E-state index contributed by atoms with van der Waals surface area (Å²) in [7, 11) is 0. The average molecular weight is 343 g/mol. The van der Waals surface area contributed by atoms with Gasteiger partial charge < -0.3 is 4.57 Å². The van der Waals surface area contributed by atoms with Crippen molar-refractivity contribution < 1.29 is 4.79 Å². The lowest BCUT2D eigenvalue weighted by Crippen LogP contribution is -2.05. The number of rotatable bonds is 1. The van der Waals surface area contributed by atoms with E-state index in [1.54, 1.807) is 0 Å². The normalized spacial score (nSPS) is 16.8. The summed E-state index contributed by atoms with van der Waals surface area (Å²) >= 11 is 0. The minimum atomic E-state index is 0. The molecular formula is C17H15BrN2O. The molecule has 3 aromatic rings. The summed E-state index contributed by atoms with van der Waals surface area (Å²) in [6.45, 7) is 2.06. The minimum absolute atomic E-state index is 0. The fourth-order valence-electron chi connectivity index (χ4n) is 3.02.